The van der Waals surface area contributed by atoms with E-state index in [1.54, 1.807) is 24.3 Å². The number of aromatic amines is 1. The van der Waals surface area contributed by atoms with E-state index in [1.807, 2.05) is 0 Å². The molecule has 0 aliphatic heterocycles. The summed E-state index contributed by atoms with van der Waals surface area (Å²) >= 11 is 5.98. The SMILES string of the molecule is CS(=O)(=O)Nc1cc([C@@H](O)CNCCOc2ccc3c(OC(F)F)n[nH]c3c2)ccc1Cl. The minimum Gasteiger partial charge on any atom is -0.492 e. The fourth-order valence-electron chi connectivity index (χ4n) is 2.86. The Morgan fingerprint density at radius 3 is 2.75 bits per heavy atom. The third-order valence-corrected chi connectivity index (χ3v) is 5.18. The number of alkyl halides is 2. The van der Waals surface area contributed by atoms with Crippen LogP contribution in [0.25, 0.3) is 10.9 Å². The molecule has 0 spiro atoms. The summed E-state index contributed by atoms with van der Waals surface area (Å²) in [6, 6.07) is 9.35. The highest BCUT2D eigenvalue weighted by molar-refractivity contribution is 7.92. The number of sulfonamides is 1. The van der Waals surface area contributed by atoms with Crippen molar-refractivity contribution in [3.05, 3.63) is 47.0 Å². The standard InChI is InChI=1S/C19H21ClF2N4O5S/c1-32(28,29)26-16-8-11(2-5-14(16)20)17(27)10-23-6-7-30-12-3-4-13-15(9-12)24-25-18(13)31-19(21)22/h2-5,8-9,17,19,23,26-27H,6-7,10H2,1H3,(H,24,25)/t17-/m0/s1. The molecule has 13 heteroatoms. The van der Waals surface area contributed by atoms with Gasteiger partial charge in [-0.05, 0) is 29.8 Å². The molecule has 0 bridgehead atoms. The van der Waals surface area contributed by atoms with Crippen LogP contribution in [0, 0.1) is 0 Å². The summed E-state index contributed by atoms with van der Waals surface area (Å²) in [5.74, 6) is 0.315. The predicted octanol–water partition coefficient (Wildman–Crippen LogP) is 2.89. The smallest absolute Gasteiger partial charge is 0.388 e. The minimum absolute atomic E-state index is 0.186. The van der Waals surface area contributed by atoms with Crippen molar-refractivity contribution in [2.24, 2.45) is 0 Å². The van der Waals surface area contributed by atoms with Gasteiger partial charge in [-0.1, -0.05) is 17.7 Å². The zero-order valence-electron chi connectivity index (χ0n) is 16.8. The van der Waals surface area contributed by atoms with Gasteiger partial charge in [0.2, 0.25) is 15.9 Å². The van der Waals surface area contributed by atoms with Crippen LogP contribution in [-0.4, -0.2) is 56.3 Å². The van der Waals surface area contributed by atoms with Crippen LogP contribution in [0.15, 0.2) is 36.4 Å². The number of aliphatic hydroxyl groups is 1. The van der Waals surface area contributed by atoms with Gasteiger partial charge in [-0.3, -0.25) is 9.82 Å². The summed E-state index contributed by atoms with van der Waals surface area (Å²) in [7, 11) is -3.51. The first kappa shape index (κ1) is 24.0. The molecule has 3 aromatic rings. The van der Waals surface area contributed by atoms with Gasteiger partial charge in [0.05, 0.1) is 34.0 Å². The molecule has 0 unspecified atom stereocenters. The van der Waals surface area contributed by atoms with E-state index in [2.05, 4.69) is 25.0 Å². The normalized spacial score (nSPS) is 12.8. The molecule has 1 atom stereocenters. The Morgan fingerprint density at radius 2 is 2.03 bits per heavy atom. The molecule has 174 valence electrons. The number of anilines is 1. The minimum atomic E-state index is -3.51. The summed E-state index contributed by atoms with van der Waals surface area (Å²) in [5, 5.41) is 20.3. The number of hydrogen-bond acceptors (Lipinski definition) is 7. The van der Waals surface area contributed by atoms with Crippen LogP contribution in [0.5, 0.6) is 11.6 Å². The molecule has 9 nitrogen and oxygen atoms in total. The lowest BCUT2D eigenvalue weighted by Gasteiger charge is -2.15. The number of aliphatic hydroxyl groups excluding tert-OH is 1. The number of nitrogens with one attached hydrogen (secondary N) is 3. The van der Waals surface area contributed by atoms with Gasteiger partial charge in [-0.2, -0.15) is 8.78 Å². The van der Waals surface area contributed by atoms with Crippen molar-refractivity contribution in [2.75, 3.05) is 30.7 Å². The number of fused-ring (bicyclic) bond motifs is 1. The third kappa shape index (κ3) is 6.66. The predicted molar refractivity (Wildman–Crippen MR) is 116 cm³/mol. The van der Waals surface area contributed by atoms with Crippen molar-refractivity contribution in [3.8, 4) is 11.6 Å². The molecular weight excluding hydrogens is 470 g/mol. The van der Waals surface area contributed by atoms with Crippen LogP contribution in [-0.2, 0) is 10.0 Å². The van der Waals surface area contributed by atoms with Crippen LogP contribution in [0.3, 0.4) is 0 Å². The second-order valence-corrected chi connectivity index (χ2v) is 8.95. The molecular formula is C19H21ClF2N4O5S. The van der Waals surface area contributed by atoms with Gasteiger partial charge < -0.3 is 19.9 Å². The van der Waals surface area contributed by atoms with Gasteiger partial charge >= 0.3 is 6.61 Å². The fraction of sp³-hybridized carbons (Fsp3) is 0.316. The highest BCUT2D eigenvalue weighted by atomic mass is 35.5. The monoisotopic (exact) mass is 490 g/mol. The molecule has 0 radical (unpaired) electrons. The topological polar surface area (TPSA) is 126 Å². The van der Waals surface area contributed by atoms with Gasteiger partial charge in [-0.25, -0.2) is 8.42 Å². The maximum Gasteiger partial charge on any atom is 0.388 e. The van der Waals surface area contributed by atoms with Crippen molar-refractivity contribution in [3.63, 3.8) is 0 Å². The van der Waals surface area contributed by atoms with E-state index in [9.17, 15) is 22.3 Å². The van der Waals surface area contributed by atoms with Crippen LogP contribution in [0.2, 0.25) is 5.02 Å². The number of aromatic nitrogens is 2. The zero-order chi connectivity index (χ0) is 23.3. The number of rotatable bonds is 11. The summed E-state index contributed by atoms with van der Waals surface area (Å²) in [4.78, 5) is 0. The van der Waals surface area contributed by atoms with E-state index in [0.717, 1.165) is 6.26 Å². The van der Waals surface area contributed by atoms with Crippen molar-refractivity contribution < 1.29 is 31.8 Å². The maximum absolute atomic E-state index is 12.4. The Labute approximate surface area is 187 Å². The molecule has 0 aliphatic carbocycles. The first-order chi connectivity index (χ1) is 15.1. The number of H-pyrrole nitrogens is 1. The van der Waals surface area contributed by atoms with Crippen LogP contribution in [0.4, 0.5) is 14.5 Å². The van der Waals surface area contributed by atoms with Crippen LogP contribution >= 0.6 is 11.6 Å². The van der Waals surface area contributed by atoms with Crippen molar-refractivity contribution in [1.29, 1.82) is 0 Å². The van der Waals surface area contributed by atoms with E-state index >= 15 is 0 Å². The molecule has 1 aromatic heterocycles. The molecule has 1 heterocycles. The Balaban J connectivity index is 1.48. The number of benzene rings is 2. The van der Waals surface area contributed by atoms with Crippen molar-refractivity contribution >= 4 is 38.2 Å². The Hall–Kier alpha value is -2.67. The highest BCUT2D eigenvalue weighted by Gasteiger charge is 2.14. The van der Waals surface area contributed by atoms with E-state index < -0.39 is 22.7 Å². The summed E-state index contributed by atoms with van der Waals surface area (Å²) in [6.07, 6.45) is 0.107. The number of hydrogen-bond donors (Lipinski definition) is 4. The quantitative estimate of drug-likeness (QED) is 0.304. The molecule has 0 fully saturated rings. The average molecular weight is 491 g/mol. The lowest BCUT2D eigenvalue weighted by molar-refractivity contribution is -0.0518. The number of nitrogens with zero attached hydrogens (tertiary/aromatic N) is 1. The van der Waals surface area contributed by atoms with E-state index in [4.69, 9.17) is 16.3 Å². The molecule has 0 amide bonds. The summed E-state index contributed by atoms with van der Waals surface area (Å²) < 4.78 is 59.8. The molecule has 4 N–H and O–H groups in total. The molecule has 0 aliphatic rings. The second-order valence-electron chi connectivity index (χ2n) is 6.80. The number of ether oxygens (including phenoxy) is 2. The van der Waals surface area contributed by atoms with Crippen LogP contribution in [0.1, 0.15) is 11.7 Å². The number of halogens is 3. The van der Waals surface area contributed by atoms with Gasteiger partial charge in [-0.15, -0.1) is 5.10 Å². The van der Waals surface area contributed by atoms with Crippen molar-refractivity contribution in [1.82, 2.24) is 15.5 Å². The van der Waals surface area contributed by atoms with Crippen molar-refractivity contribution in [2.45, 2.75) is 12.7 Å². The molecule has 0 saturated heterocycles. The zero-order valence-corrected chi connectivity index (χ0v) is 18.4. The molecule has 0 saturated carbocycles. The largest absolute Gasteiger partial charge is 0.492 e. The molecule has 3 rings (SSSR count). The van der Waals surface area contributed by atoms with Gasteiger partial charge in [0, 0.05) is 19.2 Å². The van der Waals surface area contributed by atoms with E-state index in [-0.39, 0.29) is 29.7 Å². The lowest BCUT2D eigenvalue weighted by Crippen LogP contribution is -2.26. The molecule has 32 heavy (non-hydrogen) atoms. The van der Waals surface area contributed by atoms with E-state index in [1.165, 1.54) is 12.1 Å². The second kappa shape index (κ2) is 10.3. The first-order valence-electron chi connectivity index (χ1n) is 9.34. The van der Waals surface area contributed by atoms with Crippen LogP contribution < -0.4 is 19.5 Å². The third-order valence-electron chi connectivity index (χ3n) is 4.26. The summed E-state index contributed by atoms with van der Waals surface area (Å²) in [6.45, 7) is -2.10. The lowest BCUT2D eigenvalue weighted by atomic mass is 10.1. The highest BCUT2D eigenvalue weighted by Crippen LogP contribution is 2.28. The Morgan fingerprint density at radius 1 is 1.25 bits per heavy atom. The average Bonchev–Trinajstić information content (AvgIpc) is 3.09. The Bertz CT molecular complexity index is 1180. The molecule has 2 aromatic carbocycles. The van der Waals surface area contributed by atoms with Gasteiger partial charge in [0.1, 0.15) is 12.4 Å². The summed E-state index contributed by atoms with van der Waals surface area (Å²) in [5.41, 5.74) is 1.16. The maximum atomic E-state index is 12.4. The van der Waals surface area contributed by atoms with E-state index in [0.29, 0.717) is 28.8 Å². The van der Waals surface area contributed by atoms with Gasteiger partial charge in [0.15, 0.2) is 0 Å². The fourth-order valence-corrected chi connectivity index (χ4v) is 3.65. The van der Waals surface area contributed by atoms with Gasteiger partial charge in [0.25, 0.3) is 0 Å². The first-order valence-corrected chi connectivity index (χ1v) is 11.6. The Kier molecular flexibility index (Phi) is 7.72.